The second kappa shape index (κ2) is 4.61. The molecule has 0 unspecified atom stereocenters. The SMILES string of the molecule is Cc1cc(C)cc(C2(C(=O)O)CC3(CCCCC3)C2)c1. The van der Waals surface area contributed by atoms with Crippen molar-refractivity contribution in [2.75, 3.05) is 0 Å². The average Bonchev–Trinajstić information content (AvgIpc) is 2.35. The molecule has 2 nitrogen and oxygen atoms in total. The highest BCUT2D eigenvalue weighted by atomic mass is 16.4. The fourth-order valence-electron chi connectivity index (χ4n) is 4.61. The van der Waals surface area contributed by atoms with Gasteiger partial charge in [0.05, 0.1) is 5.41 Å². The molecule has 1 aromatic carbocycles. The van der Waals surface area contributed by atoms with Crippen molar-refractivity contribution in [3.8, 4) is 0 Å². The first-order chi connectivity index (χ1) is 9.46. The number of carboxylic acids is 1. The number of carbonyl (C=O) groups is 1. The summed E-state index contributed by atoms with van der Waals surface area (Å²) in [4.78, 5) is 12.0. The zero-order valence-corrected chi connectivity index (χ0v) is 12.5. The van der Waals surface area contributed by atoms with Gasteiger partial charge >= 0.3 is 5.97 Å². The maximum atomic E-state index is 12.0. The summed E-state index contributed by atoms with van der Waals surface area (Å²) in [5, 5.41) is 9.83. The molecule has 0 aliphatic heterocycles. The van der Waals surface area contributed by atoms with Crippen LogP contribution in [0, 0.1) is 19.3 Å². The summed E-state index contributed by atoms with van der Waals surface area (Å²) < 4.78 is 0. The Morgan fingerprint density at radius 1 is 1.00 bits per heavy atom. The Morgan fingerprint density at radius 3 is 2.05 bits per heavy atom. The molecule has 0 atom stereocenters. The van der Waals surface area contributed by atoms with Crippen molar-refractivity contribution in [1.29, 1.82) is 0 Å². The van der Waals surface area contributed by atoms with Gasteiger partial charge in [-0.2, -0.15) is 0 Å². The molecule has 3 rings (SSSR count). The van der Waals surface area contributed by atoms with Crippen molar-refractivity contribution in [3.63, 3.8) is 0 Å². The van der Waals surface area contributed by atoms with Crippen molar-refractivity contribution in [2.24, 2.45) is 5.41 Å². The molecule has 2 aliphatic rings. The van der Waals surface area contributed by atoms with Crippen LogP contribution in [-0.4, -0.2) is 11.1 Å². The van der Waals surface area contributed by atoms with E-state index in [4.69, 9.17) is 0 Å². The summed E-state index contributed by atoms with van der Waals surface area (Å²) in [6, 6.07) is 6.28. The lowest BCUT2D eigenvalue weighted by molar-refractivity contribution is -0.156. The topological polar surface area (TPSA) is 37.3 Å². The van der Waals surface area contributed by atoms with Gasteiger partial charge in [-0.15, -0.1) is 0 Å². The van der Waals surface area contributed by atoms with Crippen molar-refractivity contribution in [1.82, 2.24) is 0 Å². The quantitative estimate of drug-likeness (QED) is 0.868. The third-order valence-corrected chi connectivity index (χ3v) is 5.45. The Morgan fingerprint density at radius 2 is 1.55 bits per heavy atom. The van der Waals surface area contributed by atoms with Crippen LogP contribution in [0.3, 0.4) is 0 Å². The number of aryl methyl sites for hydroxylation is 2. The van der Waals surface area contributed by atoms with Crippen LogP contribution in [0.1, 0.15) is 61.6 Å². The van der Waals surface area contributed by atoms with Crippen LogP contribution < -0.4 is 0 Å². The van der Waals surface area contributed by atoms with Gasteiger partial charge in [0.1, 0.15) is 0 Å². The van der Waals surface area contributed by atoms with Gasteiger partial charge in [0.25, 0.3) is 0 Å². The van der Waals surface area contributed by atoms with E-state index >= 15 is 0 Å². The van der Waals surface area contributed by atoms with E-state index < -0.39 is 11.4 Å². The van der Waals surface area contributed by atoms with Crippen LogP contribution in [0.15, 0.2) is 18.2 Å². The molecule has 2 fully saturated rings. The minimum atomic E-state index is -0.626. The van der Waals surface area contributed by atoms with Crippen LogP contribution in [-0.2, 0) is 10.2 Å². The van der Waals surface area contributed by atoms with Crippen molar-refractivity contribution in [3.05, 3.63) is 34.9 Å². The summed E-state index contributed by atoms with van der Waals surface area (Å²) in [5.41, 5.74) is 3.08. The van der Waals surface area contributed by atoms with E-state index in [-0.39, 0.29) is 0 Å². The van der Waals surface area contributed by atoms with Gasteiger partial charge in [-0.1, -0.05) is 48.6 Å². The number of hydrogen-bond acceptors (Lipinski definition) is 1. The van der Waals surface area contributed by atoms with Gasteiger partial charge in [0.2, 0.25) is 0 Å². The lowest BCUT2D eigenvalue weighted by atomic mass is 9.46. The maximum absolute atomic E-state index is 12.0. The van der Waals surface area contributed by atoms with E-state index in [0.717, 1.165) is 18.4 Å². The Balaban J connectivity index is 1.93. The predicted molar refractivity (Wildman–Crippen MR) is 80.0 cm³/mol. The van der Waals surface area contributed by atoms with Gasteiger partial charge in [-0.3, -0.25) is 4.79 Å². The summed E-state index contributed by atoms with van der Waals surface area (Å²) in [7, 11) is 0. The Labute approximate surface area is 121 Å². The largest absolute Gasteiger partial charge is 0.481 e. The highest BCUT2D eigenvalue weighted by molar-refractivity contribution is 5.83. The normalized spacial score (nSPS) is 23.3. The summed E-state index contributed by atoms with van der Waals surface area (Å²) in [5.74, 6) is -0.626. The molecule has 1 aromatic rings. The molecular formula is C18H24O2. The molecule has 2 saturated carbocycles. The standard InChI is InChI=1S/C18H24O2/c1-13-8-14(2)10-15(9-13)18(16(19)20)11-17(12-18)6-4-3-5-7-17/h8-10H,3-7,11-12H2,1-2H3,(H,19,20). The summed E-state index contributed by atoms with van der Waals surface area (Å²) >= 11 is 0. The van der Waals surface area contributed by atoms with E-state index in [2.05, 4.69) is 32.0 Å². The lowest BCUT2D eigenvalue weighted by Gasteiger charge is -2.56. The molecule has 108 valence electrons. The van der Waals surface area contributed by atoms with Gasteiger partial charge in [-0.05, 0) is 50.5 Å². The van der Waals surface area contributed by atoms with E-state index in [9.17, 15) is 9.90 Å². The summed E-state index contributed by atoms with van der Waals surface area (Å²) in [6.07, 6.45) is 8.03. The third kappa shape index (κ3) is 2.06. The van der Waals surface area contributed by atoms with Crippen LogP contribution in [0.5, 0.6) is 0 Å². The molecule has 0 radical (unpaired) electrons. The number of carboxylic acid groups (broad SMARTS) is 1. The molecule has 1 spiro atoms. The third-order valence-electron chi connectivity index (χ3n) is 5.45. The number of aliphatic carboxylic acids is 1. The van der Waals surface area contributed by atoms with Gasteiger partial charge in [0.15, 0.2) is 0 Å². The average molecular weight is 272 g/mol. The zero-order valence-electron chi connectivity index (χ0n) is 12.5. The highest BCUT2D eigenvalue weighted by Gasteiger charge is 2.59. The molecule has 0 saturated heterocycles. The first-order valence-electron chi connectivity index (χ1n) is 7.78. The molecule has 1 N–H and O–H groups in total. The fourth-order valence-corrected chi connectivity index (χ4v) is 4.61. The molecule has 2 aliphatic carbocycles. The minimum Gasteiger partial charge on any atom is -0.481 e. The molecule has 0 aromatic heterocycles. The van der Waals surface area contributed by atoms with Crippen LogP contribution in [0.2, 0.25) is 0 Å². The van der Waals surface area contributed by atoms with Crippen LogP contribution in [0.25, 0.3) is 0 Å². The van der Waals surface area contributed by atoms with E-state index in [1.165, 1.54) is 43.2 Å². The second-order valence-electron chi connectivity index (χ2n) is 7.18. The van der Waals surface area contributed by atoms with E-state index in [0.29, 0.717) is 5.41 Å². The minimum absolute atomic E-state index is 0.328. The summed E-state index contributed by atoms with van der Waals surface area (Å²) in [6.45, 7) is 4.11. The number of hydrogen-bond donors (Lipinski definition) is 1. The van der Waals surface area contributed by atoms with Crippen molar-refractivity contribution < 1.29 is 9.90 Å². The van der Waals surface area contributed by atoms with Gasteiger partial charge in [-0.25, -0.2) is 0 Å². The smallest absolute Gasteiger partial charge is 0.314 e. The predicted octanol–water partition coefficient (Wildman–Crippen LogP) is 4.37. The Bertz CT molecular complexity index is 510. The van der Waals surface area contributed by atoms with Gasteiger partial charge < -0.3 is 5.11 Å². The fraction of sp³-hybridized carbons (Fsp3) is 0.611. The Kier molecular flexibility index (Phi) is 3.15. The van der Waals surface area contributed by atoms with Crippen molar-refractivity contribution >= 4 is 5.97 Å². The van der Waals surface area contributed by atoms with E-state index in [1.54, 1.807) is 0 Å². The highest BCUT2D eigenvalue weighted by Crippen LogP contribution is 2.62. The first-order valence-corrected chi connectivity index (χ1v) is 7.78. The van der Waals surface area contributed by atoms with Gasteiger partial charge in [0, 0.05) is 0 Å². The molecule has 2 heteroatoms. The Hall–Kier alpha value is -1.31. The number of rotatable bonds is 2. The molecular weight excluding hydrogens is 248 g/mol. The van der Waals surface area contributed by atoms with Crippen LogP contribution >= 0.6 is 0 Å². The lowest BCUT2D eigenvalue weighted by Crippen LogP contribution is -2.55. The first kappa shape index (κ1) is 13.7. The molecule has 0 bridgehead atoms. The van der Waals surface area contributed by atoms with Crippen LogP contribution in [0.4, 0.5) is 0 Å². The molecule has 20 heavy (non-hydrogen) atoms. The number of benzene rings is 1. The van der Waals surface area contributed by atoms with Crippen molar-refractivity contribution in [2.45, 2.75) is 64.2 Å². The zero-order chi connectivity index (χ0) is 14.4. The monoisotopic (exact) mass is 272 g/mol. The second-order valence-corrected chi connectivity index (χ2v) is 7.18. The molecule has 0 amide bonds. The maximum Gasteiger partial charge on any atom is 0.314 e. The molecule has 0 heterocycles. The van der Waals surface area contributed by atoms with E-state index in [1.807, 2.05) is 0 Å².